The molecule has 1 aliphatic heterocycles. The maximum Gasteiger partial charge on any atom is 0.332 e. The second kappa shape index (κ2) is 7.48. The summed E-state index contributed by atoms with van der Waals surface area (Å²) in [6.45, 7) is 2.37. The molecule has 0 spiro atoms. The summed E-state index contributed by atoms with van der Waals surface area (Å²) in [5.74, 6) is 0.144. The lowest BCUT2D eigenvalue weighted by atomic mass is 10.1. The first-order valence-electron chi connectivity index (χ1n) is 9.36. The van der Waals surface area contributed by atoms with Crippen LogP contribution in [0.15, 0.2) is 27.4 Å². The molecule has 8 nitrogen and oxygen atoms in total. The minimum Gasteiger partial charge on any atom is -0.328 e. The number of ketones is 1. The van der Waals surface area contributed by atoms with Gasteiger partial charge >= 0.3 is 5.69 Å². The average molecular weight is 401 g/mol. The molecule has 0 bridgehead atoms. The zero-order chi connectivity index (χ0) is 19.8. The van der Waals surface area contributed by atoms with Crippen molar-refractivity contribution >= 4 is 28.3 Å². The second-order valence-electron chi connectivity index (χ2n) is 7.30. The Morgan fingerprint density at radius 2 is 2.11 bits per heavy atom. The molecule has 3 aromatic rings. The molecule has 4 heterocycles. The van der Waals surface area contributed by atoms with Gasteiger partial charge in [-0.3, -0.25) is 23.6 Å². The molecule has 0 amide bonds. The van der Waals surface area contributed by atoms with Crippen molar-refractivity contribution in [3.63, 3.8) is 0 Å². The lowest BCUT2D eigenvalue weighted by Crippen LogP contribution is -2.40. The van der Waals surface area contributed by atoms with E-state index in [2.05, 4.69) is 21.3 Å². The number of aromatic nitrogens is 4. The van der Waals surface area contributed by atoms with Gasteiger partial charge in [0.05, 0.1) is 12.9 Å². The van der Waals surface area contributed by atoms with Crippen molar-refractivity contribution in [3.8, 4) is 0 Å². The number of thiophene rings is 1. The van der Waals surface area contributed by atoms with Crippen molar-refractivity contribution in [2.24, 2.45) is 14.1 Å². The van der Waals surface area contributed by atoms with Gasteiger partial charge < -0.3 is 4.57 Å². The number of nitrogens with zero attached hydrogens (tertiary/aromatic N) is 5. The third-order valence-corrected chi connectivity index (χ3v) is 6.35. The van der Waals surface area contributed by atoms with E-state index in [1.54, 1.807) is 30.0 Å². The number of Topliss-reactive ketones (excluding diaryl/α,β-unsaturated/α-hetero) is 1. The fourth-order valence-electron chi connectivity index (χ4n) is 3.80. The van der Waals surface area contributed by atoms with Gasteiger partial charge in [-0.05, 0) is 29.9 Å². The monoisotopic (exact) mass is 401 g/mol. The Bertz CT molecular complexity index is 1150. The van der Waals surface area contributed by atoms with Crippen LogP contribution in [0.1, 0.15) is 23.3 Å². The topological polar surface area (TPSA) is 82.1 Å². The molecule has 0 atom stereocenters. The van der Waals surface area contributed by atoms with Crippen LogP contribution < -0.4 is 11.2 Å². The zero-order valence-electron chi connectivity index (χ0n) is 16.1. The van der Waals surface area contributed by atoms with E-state index >= 15 is 0 Å². The molecule has 4 rings (SSSR count). The number of aryl methyl sites for hydroxylation is 2. The minimum absolute atomic E-state index is 0.144. The van der Waals surface area contributed by atoms with Gasteiger partial charge in [0.2, 0.25) is 0 Å². The van der Waals surface area contributed by atoms with Crippen LogP contribution >= 0.6 is 11.3 Å². The Labute approximate surface area is 165 Å². The Morgan fingerprint density at radius 3 is 2.93 bits per heavy atom. The normalized spacial score (nSPS) is 14.5. The van der Waals surface area contributed by atoms with Crippen LogP contribution in [-0.4, -0.2) is 42.5 Å². The number of hydrogen-bond donors (Lipinski definition) is 0. The highest BCUT2D eigenvalue weighted by atomic mass is 32.1. The van der Waals surface area contributed by atoms with Crippen molar-refractivity contribution in [1.29, 1.82) is 0 Å². The fourth-order valence-corrected chi connectivity index (χ4v) is 4.69. The average Bonchev–Trinajstić information content (AvgIpc) is 3.29. The highest BCUT2D eigenvalue weighted by Gasteiger charge is 2.19. The van der Waals surface area contributed by atoms with Crippen molar-refractivity contribution in [3.05, 3.63) is 49.1 Å². The maximum atomic E-state index is 12.7. The molecule has 28 heavy (non-hydrogen) atoms. The molecule has 0 radical (unpaired) electrons. The predicted molar refractivity (Wildman–Crippen MR) is 108 cm³/mol. The number of imidazole rings is 1. The smallest absolute Gasteiger partial charge is 0.328 e. The van der Waals surface area contributed by atoms with Crippen LogP contribution in [0.2, 0.25) is 0 Å². The van der Waals surface area contributed by atoms with Crippen molar-refractivity contribution in [2.45, 2.75) is 32.4 Å². The van der Waals surface area contributed by atoms with Crippen LogP contribution in [0.4, 0.5) is 0 Å². The number of carbonyl (C=O) groups is 1. The summed E-state index contributed by atoms with van der Waals surface area (Å²) in [6.07, 6.45) is 3.34. The Morgan fingerprint density at radius 1 is 1.29 bits per heavy atom. The predicted octanol–water partition coefficient (Wildman–Crippen LogP) is 0.903. The van der Waals surface area contributed by atoms with Crippen molar-refractivity contribution < 1.29 is 4.79 Å². The molecule has 0 aliphatic carbocycles. The minimum atomic E-state index is -0.398. The summed E-state index contributed by atoms with van der Waals surface area (Å²) in [7, 11) is 3.33. The summed E-state index contributed by atoms with van der Waals surface area (Å²) in [5, 5.41) is 2.10. The molecule has 0 aromatic carbocycles. The van der Waals surface area contributed by atoms with Crippen molar-refractivity contribution in [1.82, 2.24) is 23.6 Å². The summed E-state index contributed by atoms with van der Waals surface area (Å²) in [5.41, 5.74) is 1.34. The van der Waals surface area contributed by atoms with Gasteiger partial charge in [-0.25, -0.2) is 9.78 Å². The molecule has 0 N–H and O–H groups in total. The van der Waals surface area contributed by atoms with Gasteiger partial charge in [-0.2, -0.15) is 0 Å². The van der Waals surface area contributed by atoms with E-state index in [-0.39, 0.29) is 17.9 Å². The van der Waals surface area contributed by atoms with E-state index in [0.29, 0.717) is 30.6 Å². The fraction of sp³-hybridized carbons (Fsp3) is 0.474. The molecule has 0 saturated carbocycles. The first-order valence-corrected chi connectivity index (χ1v) is 10.2. The van der Waals surface area contributed by atoms with E-state index in [0.717, 1.165) is 19.5 Å². The number of carbonyl (C=O) groups excluding carboxylic acids is 1. The van der Waals surface area contributed by atoms with Crippen LogP contribution in [0, 0.1) is 0 Å². The van der Waals surface area contributed by atoms with Gasteiger partial charge in [0, 0.05) is 45.0 Å². The highest BCUT2D eigenvalue weighted by Crippen LogP contribution is 2.23. The molecule has 148 valence electrons. The Balaban J connectivity index is 1.39. The van der Waals surface area contributed by atoms with E-state index < -0.39 is 5.69 Å². The van der Waals surface area contributed by atoms with Crippen LogP contribution in [-0.2, 0) is 38.4 Å². The largest absolute Gasteiger partial charge is 0.332 e. The summed E-state index contributed by atoms with van der Waals surface area (Å²) in [6, 6.07) is 2.13. The van der Waals surface area contributed by atoms with E-state index in [1.165, 1.54) is 25.9 Å². The summed E-state index contributed by atoms with van der Waals surface area (Å²) in [4.78, 5) is 45.2. The first kappa shape index (κ1) is 18.8. The Hall–Kier alpha value is -2.52. The molecule has 0 saturated heterocycles. The molecular weight excluding hydrogens is 378 g/mol. The molecule has 3 aromatic heterocycles. The quantitative estimate of drug-likeness (QED) is 0.613. The molecule has 1 aliphatic rings. The Kier molecular flexibility index (Phi) is 5.03. The lowest BCUT2D eigenvalue weighted by Gasteiger charge is -2.26. The summed E-state index contributed by atoms with van der Waals surface area (Å²) < 4.78 is 4.20. The summed E-state index contributed by atoms with van der Waals surface area (Å²) >= 11 is 1.78. The molecule has 0 unspecified atom stereocenters. The van der Waals surface area contributed by atoms with Crippen LogP contribution in [0.3, 0.4) is 0 Å². The zero-order valence-corrected chi connectivity index (χ0v) is 16.9. The van der Waals surface area contributed by atoms with Crippen LogP contribution in [0.5, 0.6) is 0 Å². The third kappa shape index (κ3) is 3.35. The number of hydrogen-bond acceptors (Lipinski definition) is 6. The van der Waals surface area contributed by atoms with Crippen LogP contribution in [0.25, 0.3) is 11.2 Å². The maximum absolute atomic E-state index is 12.7. The highest BCUT2D eigenvalue weighted by molar-refractivity contribution is 7.10. The molecule has 9 heteroatoms. The van der Waals surface area contributed by atoms with Crippen molar-refractivity contribution in [2.75, 3.05) is 13.1 Å². The number of rotatable bonds is 6. The third-order valence-electron chi connectivity index (χ3n) is 5.33. The second-order valence-corrected chi connectivity index (χ2v) is 8.30. The van der Waals surface area contributed by atoms with Gasteiger partial charge in [-0.15, -0.1) is 11.3 Å². The molecular formula is C19H23N5O3S. The standard InChI is InChI=1S/C19H23N5O3S/c1-21-12-20-17-16(21)18(26)24(19(27)22(17)2)7-3-4-14(25)11-23-8-5-15-13(10-23)6-9-28-15/h6,9,12H,3-5,7-8,10-11H2,1-2H3. The number of fused-ring (bicyclic) bond motifs is 2. The SMILES string of the molecule is Cn1cnc2c1c(=O)n(CCCC(=O)CN1CCc3sccc3C1)c(=O)n2C. The van der Waals surface area contributed by atoms with E-state index in [4.69, 9.17) is 0 Å². The van der Waals surface area contributed by atoms with Gasteiger partial charge in [0.15, 0.2) is 11.2 Å². The van der Waals surface area contributed by atoms with Gasteiger partial charge in [0.25, 0.3) is 5.56 Å². The molecule has 0 fully saturated rings. The lowest BCUT2D eigenvalue weighted by molar-refractivity contribution is -0.120. The van der Waals surface area contributed by atoms with E-state index in [1.807, 2.05) is 0 Å². The van der Waals surface area contributed by atoms with Gasteiger partial charge in [0.1, 0.15) is 5.78 Å². The van der Waals surface area contributed by atoms with E-state index in [9.17, 15) is 14.4 Å². The first-order chi connectivity index (χ1) is 13.5. The van der Waals surface area contributed by atoms with Gasteiger partial charge in [-0.1, -0.05) is 0 Å².